The summed E-state index contributed by atoms with van der Waals surface area (Å²) < 4.78 is 13.7. The van der Waals surface area contributed by atoms with Crippen molar-refractivity contribution in [3.8, 4) is 5.75 Å². The van der Waals surface area contributed by atoms with Gasteiger partial charge in [-0.3, -0.25) is 19.5 Å². The molecule has 0 fully saturated rings. The molecule has 0 amide bonds. The average molecular weight is 683 g/mol. The highest BCUT2D eigenvalue weighted by Crippen LogP contribution is 2.33. The minimum Gasteiger partial charge on any atom is -0.488 e. The summed E-state index contributed by atoms with van der Waals surface area (Å²) in [7, 11) is 0. The molecule has 9 nitrogen and oxygen atoms in total. The van der Waals surface area contributed by atoms with Gasteiger partial charge < -0.3 is 9.47 Å². The lowest BCUT2D eigenvalue weighted by Gasteiger charge is -2.24. The molecule has 0 saturated carbocycles. The number of aromatic nitrogens is 1. The number of nitrogens with zero attached hydrogens (tertiary/aromatic N) is 3. The third-order valence-electron chi connectivity index (χ3n) is 6.86. The van der Waals surface area contributed by atoms with Gasteiger partial charge in [-0.2, -0.15) is 0 Å². The number of thiazole rings is 1. The zero-order valence-corrected chi connectivity index (χ0v) is 26.5. The van der Waals surface area contributed by atoms with Crippen LogP contribution in [0.15, 0.2) is 86.2 Å². The minimum atomic E-state index is -0.955. The molecule has 12 heteroatoms. The molecule has 1 atom stereocenters. The molecule has 220 valence electrons. The molecule has 1 aliphatic rings. The fraction of sp³-hybridized carbons (Fsp3) is 0.194. The molecule has 0 bridgehead atoms. The second-order valence-corrected chi connectivity index (χ2v) is 11.9. The first-order valence-corrected chi connectivity index (χ1v) is 15.2. The van der Waals surface area contributed by atoms with Crippen molar-refractivity contribution < 1.29 is 19.2 Å². The molecule has 0 radical (unpaired) electrons. The molecule has 3 aromatic carbocycles. The quantitative estimate of drug-likeness (QED) is 0.128. The number of ether oxygens (including phenoxy) is 2. The summed E-state index contributed by atoms with van der Waals surface area (Å²) >= 11 is 11.0. The Morgan fingerprint density at radius 3 is 2.65 bits per heavy atom. The van der Waals surface area contributed by atoms with E-state index in [1.165, 1.54) is 22.0 Å². The van der Waals surface area contributed by atoms with E-state index in [-0.39, 0.29) is 30.0 Å². The molecule has 0 saturated heterocycles. The Bertz CT molecular complexity index is 1980. The first-order valence-electron chi connectivity index (χ1n) is 13.2. The van der Waals surface area contributed by atoms with Gasteiger partial charge in [-0.25, -0.2) is 9.79 Å². The number of benzene rings is 3. The maximum atomic E-state index is 13.9. The van der Waals surface area contributed by atoms with Crippen molar-refractivity contribution in [2.45, 2.75) is 33.4 Å². The van der Waals surface area contributed by atoms with Gasteiger partial charge in [0.2, 0.25) is 0 Å². The lowest BCUT2D eigenvalue weighted by atomic mass is 9.94. The molecule has 1 aromatic heterocycles. The number of allylic oxidation sites excluding steroid dienone is 1. The van der Waals surface area contributed by atoms with E-state index in [0.29, 0.717) is 41.4 Å². The van der Waals surface area contributed by atoms with Crippen molar-refractivity contribution in [1.29, 1.82) is 0 Å². The first kappa shape index (κ1) is 30.4. The lowest BCUT2D eigenvalue weighted by molar-refractivity contribution is -0.385. The van der Waals surface area contributed by atoms with Crippen molar-refractivity contribution in [1.82, 2.24) is 4.57 Å². The maximum Gasteiger partial charge on any atom is 0.338 e. The summed E-state index contributed by atoms with van der Waals surface area (Å²) in [4.78, 5) is 43.2. The summed E-state index contributed by atoms with van der Waals surface area (Å²) in [6.07, 6.45) is 1.73. The van der Waals surface area contributed by atoms with Crippen LogP contribution < -0.4 is 19.6 Å². The van der Waals surface area contributed by atoms with Crippen LogP contribution in [-0.4, -0.2) is 22.1 Å². The molecular formula is C31H25BrClN3O6S. The highest BCUT2D eigenvalue weighted by atomic mass is 79.9. The van der Waals surface area contributed by atoms with Gasteiger partial charge in [0, 0.05) is 22.2 Å². The summed E-state index contributed by atoms with van der Waals surface area (Å²) in [5, 5.41) is 12.3. The molecule has 0 unspecified atom stereocenters. The topological polar surface area (TPSA) is 113 Å². The van der Waals surface area contributed by atoms with E-state index in [9.17, 15) is 19.7 Å². The van der Waals surface area contributed by atoms with Crippen LogP contribution in [0.1, 0.15) is 42.1 Å². The highest BCUT2D eigenvalue weighted by Gasteiger charge is 2.34. The summed E-state index contributed by atoms with van der Waals surface area (Å²) in [6.45, 7) is 5.38. The van der Waals surface area contributed by atoms with Crippen LogP contribution in [0.4, 0.5) is 5.69 Å². The Morgan fingerprint density at radius 1 is 1.19 bits per heavy atom. The van der Waals surface area contributed by atoms with Crippen LogP contribution in [-0.2, 0) is 16.1 Å². The van der Waals surface area contributed by atoms with E-state index in [4.69, 9.17) is 21.1 Å². The van der Waals surface area contributed by atoms with Crippen LogP contribution in [0.3, 0.4) is 0 Å². The molecular weight excluding hydrogens is 658 g/mol. The van der Waals surface area contributed by atoms with Crippen molar-refractivity contribution >= 4 is 56.6 Å². The van der Waals surface area contributed by atoms with E-state index in [0.717, 1.165) is 11.1 Å². The monoisotopic (exact) mass is 681 g/mol. The van der Waals surface area contributed by atoms with Crippen molar-refractivity contribution in [2.75, 3.05) is 6.61 Å². The Balaban J connectivity index is 1.57. The van der Waals surface area contributed by atoms with E-state index >= 15 is 0 Å². The van der Waals surface area contributed by atoms with Crippen molar-refractivity contribution in [3.05, 3.63) is 133 Å². The highest BCUT2D eigenvalue weighted by molar-refractivity contribution is 9.10. The predicted molar refractivity (Wildman–Crippen MR) is 168 cm³/mol. The third kappa shape index (κ3) is 6.20. The molecule has 0 spiro atoms. The SMILES string of the molecule is CCOC(=O)C1=C(C)N=c2s/c(=C/c3ccc(OCc4ccccc4Cl)c(Br)c3)c(=O)n2[C@H]1c1ccc(C)c([N+](=O)[O-])c1. The number of fused-ring (bicyclic) bond motifs is 1. The van der Waals surface area contributed by atoms with E-state index in [1.807, 2.05) is 30.3 Å². The zero-order valence-electron chi connectivity index (χ0n) is 23.3. The standard InChI is InChI=1S/C31H25BrClN3O6S/c1-4-41-30(38)27-18(3)34-31-35(28(27)20-11-9-17(2)24(15-20)36(39)40)29(37)26(43-31)14-19-10-12-25(22(32)13-19)42-16-21-7-5-6-8-23(21)33/h5-15,28H,4,16H2,1-3H3/b26-14+/t28-/m0/s1. The van der Waals surface area contributed by atoms with Gasteiger partial charge in [-0.1, -0.05) is 59.3 Å². The number of hydrogen-bond acceptors (Lipinski definition) is 8. The number of halogens is 2. The lowest BCUT2D eigenvalue weighted by Crippen LogP contribution is -2.40. The van der Waals surface area contributed by atoms with Gasteiger partial charge in [0.15, 0.2) is 4.80 Å². The second-order valence-electron chi connectivity index (χ2n) is 9.68. The number of rotatable bonds is 8. The smallest absolute Gasteiger partial charge is 0.338 e. The van der Waals surface area contributed by atoms with Gasteiger partial charge in [0.1, 0.15) is 12.4 Å². The molecule has 43 heavy (non-hydrogen) atoms. The number of carbonyl (C=O) groups is 1. The Morgan fingerprint density at radius 2 is 1.95 bits per heavy atom. The Hall–Kier alpha value is -4.06. The first-order chi connectivity index (χ1) is 20.6. The van der Waals surface area contributed by atoms with Crippen LogP contribution in [0.2, 0.25) is 5.02 Å². The van der Waals surface area contributed by atoms with Crippen LogP contribution >= 0.6 is 38.9 Å². The zero-order chi connectivity index (χ0) is 30.8. The summed E-state index contributed by atoms with van der Waals surface area (Å²) in [6, 6.07) is 16.6. The van der Waals surface area contributed by atoms with Crippen LogP contribution in [0, 0.1) is 17.0 Å². The van der Waals surface area contributed by atoms with Gasteiger partial charge in [0.25, 0.3) is 11.2 Å². The van der Waals surface area contributed by atoms with Gasteiger partial charge in [0.05, 0.1) is 37.8 Å². The average Bonchev–Trinajstić information content (AvgIpc) is 3.26. The van der Waals surface area contributed by atoms with Gasteiger partial charge in [-0.15, -0.1) is 0 Å². The number of nitro groups is 1. The minimum absolute atomic E-state index is 0.112. The maximum absolute atomic E-state index is 13.9. The van der Waals surface area contributed by atoms with E-state index in [1.54, 1.807) is 51.1 Å². The number of aryl methyl sites for hydroxylation is 1. The molecule has 0 N–H and O–H groups in total. The Labute approximate surface area is 263 Å². The van der Waals surface area contributed by atoms with Crippen molar-refractivity contribution in [2.24, 2.45) is 4.99 Å². The Kier molecular flexibility index (Phi) is 8.95. The summed E-state index contributed by atoms with van der Waals surface area (Å²) in [5.41, 5.74) is 2.48. The number of nitro benzene ring substituents is 1. The van der Waals surface area contributed by atoms with E-state index < -0.39 is 16.9 Å². The number of hydrogen-bond donors (Lipinski definition) is 0. The van der Waals surface area contributed by atoms with Crippen molar-refractivity contribution in [3.63, 3.8) is 0 Å². The molecule has 0 aliphatic carbocycles. The fourth-order valence-electron chi connectivity index (χ4n) is 4.75. The normalized spacial score (nSPS) is 14.7. The molecule has 2 heterocycles. The predicted octanol–water partition coefficient (Wildman–Crippen LogP) is 6.01. The van der Waals surface area contributed by atoms with E-state index in [2.05, 4.69) is 20.9 Å². The van der Waals surface area contributed by atoms with Gasteiger partial charge in [-0.05, 0) is 72.1 Å². The second kappa shape index (κ2) is 12.7. The van der Waals surface area contributed by atoms with Gasteiger partial charge >= 0.3 is 5.97 Å². The number of carbonyl (C=O) groups excluding carboxylic acids is 1. The van der Waals surface area contributed by atoms with Crippen LogP contribution in [0.5, 0.6) is 5.75 Å². The largest absolute Gasteiger partial charge is 0.488 e. The molecule has 1 aliphatic heterocycles. The number of esters is 1. The molecule has 5 rings (SSSR count). The fourth-order valence-corrected chi connectivity index (χ4v) is 6.49. The third-order valence-corrected chi connectivity index (χ3v) is 8.83. The molecule has 4 aromatic rings. The van der Waals surface area contributed by atoms with Crippen LogP contribution in [0.25, 0.3) is 6.08 Å². The summed E-state index contributed by atoms with van der Waals surface area (Å²) in [5.74, 6) is -0.0308.